The fourth-order valence-corrected chi connectivity index (χ4v) is 5.80. The number of nitrogens with zero attached hydrogens (tertiary/aromatic N) is 2. The Bertz CT molecular complexity index is 1010. The van der Waals surface area contributed by atoms with Crippen molar-refractivity contribution in [3.63, 3.8) is 0 Å². The van der Waals surface area contributed by atoms with Gasteiger partial charge in [0.2, 0.25) is 10.0 Å². The molecule has 6 heteroatoms. The van der Waals surface area contributed by atoms with E-state index in [9.17, 15) is 13.5 Å². The molecule has 1 fully saturated rings. The predicted molar refractivity (Wildman–Crippen MR) is 114 cm³/mol. The molecular weight excluding hydrogens is 372 g/mol. The second-order valence-corrected chi connectivity index (χ2v) is 9.86. The third kappa shape index (κ3) is 3.81. The molecule has 5 nitrogen and oxygen atoms in total. The Hall–Kier alpha value is -1.89. The first-order chi connectivity index (χ1) is 13.4. The number of hydrogen-bond donors (Lipinski definition) is 1. The average Bonchev–Trinajstić information content (AvgIpc) is 3.00. The van der Waals surface area contributed by atoms with Gasteiger partial charge in [-0.1, -0.05) is 55.7 Å². The lowest BCUT2D eigenvalue weighted by Gasteiger charge is -2.33. The van der Waals surface area contributed by atoms with Crippen LogP contribution in [0.2, 0.25) is 0 Å². The predicted octanol–water partition coefficient (Wildman–Crippen LogP) is 3.75. The Labute approximate surface area is 166 Å². The van der Waals surface area contributed by atoms with Crippen molar-refractivity contribution in [2.45, 2.75) is 50.8 Å². The highest BCUT2D eigenvalue weighted by Gasteiger charge is 2.30. The second kappa shape index (κ2) is 7.85. The maximum atomic E-state index is 12.4. The standard InChI is InChI=1S/C22H28N2O3S/c1-28(26,27)24(17-9-3-2-4-10-17)16-18(25)15-23-21-13-7-5-11-19(21)20-12-6-8-14-22(20)23/h5-8,11-14,17-18,25H,2-4,9-10,15-16H2,1H3. The molecule has 28 heavy (non-hydrogen) atoms. The molecule has 1 aliphatic rings. The molecule has 4 rings (SSSR count). The highest BCUT2D eigenvalue weighted by Crippen LogP contribution is 2.29. The van der Waals surface area contributed by atoms with E-state index in [1.807, 2.05) is 24.3 Å². The van der Waals surface area contributed by atoms with Crippen molar-refractivity contribution in [3.05, 3.63) is 48.5 Å². The minimum absolute atomic E-state index is 0.0107. The topological polar surface area (TPSA) is 62.5 Å². The summed E-state index contributed by atoms with van der Waals surface area (Å²) in [6.45, 7) is 0.511. The number of para-hydroxylation sites is 2. The van der Waals surface area contributed by atoms with E-state index < -0.39 is 16.1 Å². The summed E-state index contributed by atoms with van der Waals surface area (Å²) in [5.74, 6) is 0. The Balaban J connectivity index is 1.63. The summed E-state index contributed by atoms with van der Waals surface area (Å²) in [5, 5.41) is 13.2. The molecule has 1 aromatic heterocycles. The molecule has 2 aromatic carbocycles. The van der Waals surface area contributed by atoms with Crippen molar-refractivity contribution in [1.29, 1.82) is 0 Å². The summed E-state index contributed by atoms with van der Waals surface area (Å²) >= 11 is 0. The molecule has 1 heterocycles. The van der Waals surface area contributed by atoms with Gasteiger partial charge in [0, 0.05) is 34.4 Å². The lowest BCUT2D eigenvalue weighted by molar-refractivity contribution is 0.110. The zero-order chi connectivity index (χ0) is 19.7. The zero-order valence-electron chi connectivity index (χ0n) is 16.3. The molecule has 0 amide bonds. The van der Waals surface area contributed by atoms with Crippen molar-refractivity contribution in [3.8, 4) is 0 Å². The molecule has 150 valence electrons. The van der Waals surface area contributed by atoms with Gasteiger partial charge in [0.1, 0.15) is 0 Å². The van der Waals surface area contributed by atoms with Crippen LogP contribution in [0.4, 0.5) is 0 Å². The van der Waals surface area contributed by atoms with Crippen LogP contribution in [0, 0.1) is 0 Å². The highest BCUT2D eigenvalue weighted by molar-refractivity contribution is 7.88. The number of hydrogen-bond acceptors (Lipinski definition) is 3. The maximum Gasteiger partial charge on any atom is 0.211 e. The minimum atomic E-state index is -3.36. The third-order valence-electron chi connectivity index (χ3n) is 5.87. The van der Waals surface area contributed by atoms with Crippen LogP contribution in [-0.4, -0.2) is 47.3 Å². The van der Waals surface area contributed by atoms with E-state index in [-0.39, 0.29) is 12.6 Å². The van der Waals surface area contributed by atoms with Crippen LogP contribution in [0.15, 0.2) is 48.5 Å². The van der Waals surface area contributed by atoms with Crippen LogP contribution in [0.3, 0.4) is 0 Å². The smallest absolute Gasteiger partial charge is 0.211 e. The number of aromatic nitrogens is 1. The van der Waals surface area contributed by atoms with Crippen molar-refractivity contribution in [1.82, 2.24) is 8.87 Å². The van der Waals surface area contributed by atoms with Gasteiger partial charge in [-0.3, -0.25) is 0 Å². The van der Waals surface area contributed by atoms with Gasteiger partial charge in [-0.25, -0.2) is 8.42 Å². The summed E-state index contributed by atoms with van der Waals surface area (Å²) in [7, 11) is -3.36. The van der Waals surface area contributed by atoms with Gasteiger partial charge >= 0.3 is 0 Å². The van der Waals surface area contributed by atoms with Crippen LogP contribution in [0.5, 0.6) is 0 Å². The zero-order valence-corrected chi connectivity index (χ0v) is 17.1. The third-order valence-corrected chi connectivity index (χ3v) is 7.17. The van der Waals surface area contributed by atoms with Crippen LogP contribution in [0.1, 0.15) is 32.1 Å². The van der Waals surface area contributed by atoms with Gasteiger partial charge in [-0.2, -0.15) is 4.31 Å². The molecule has 0 bridgehead atoms. The van der Waals surface area contributed by atoms with E-state index in [0.717, 1.165) is 53.9 Å². The Morgan fingerprint density at radius 2 is 1.54 bits per heavy atom. The summed E-state index contributed by atoms with van der Waals surface area (Å²) in [5.41, 5.74) is 2.12. The van der Waals surface area contributed by atoms with E-state index >= 15 is 0 Å². The average molecular weight is 401 g/mol. The molecule has 0 aliphatic heterocycles. The van der Waals surface area contributed by atoms with Gasteiger partial charge < -0.3 is 9.67 Å². The fourth-order valence-electron chi connectivity index (χ4n) is 4.60. The molecule has 0 radical (unpaired) electrons. The quantitative estimate of drug-likeness (QED) is 0.685. The summed E-state index contributed by atoms with van der Waals surface area (Å²) in [4.78, 5) is 0. The van der Waals surface area contributed by atoms with Gasteiger partial charge in [-0.05, 0) is 25.0 Å². The number of rotatable bonds is 6. The van der Waals surface area contributed by atoms with Crippen LogP contribution >= 0.6 is 0 Å². The summed E-state index contributed by atoms with van der Waals surface area (Å²) in [6, 6.07) is 16.3. The van der Waals surface area contributed by atoms with E-state index in [2.05, 4.69) is 28.8 Å². The lowest BCUT2D eigenvalue weighted by Crippen LogP contribution is -2.45. The number of fused-ring (bicyclic) bond motifs is 3. The van der Waals surface area contributed by atoms with E-state index in [1.54, 1.807) is 0 Å². The number of sulfonamides is 1. The summed E-state index contributed by atoms with van der Waals surface area (Å²) < 4.78 is 28.4. The number of aliphatic hydroxyl groups is 1. The van der Waals surface area contributed by atoms with Gasteiger partial charge in [0.15, 0.2) is 0 Å². The first-order valence-electron chi connectivity index (χ1n) is 10.1. The van der Waals surface area contributed by atoms with Crippen LogP contribution < -0.4 is 0 Å². The minimum Gasteiger partial charge on any atom is -0.390 e. The van der Waals surface area contributed by atoms with Crippen LogP contribution in [-0.2, 0) is 16.6 Å². The van der Waals surface area contributed by atoms with Crippen molar-refractivity contribution in [2.75, 3.05) is 12.8 Å². The van der Waals surface area contributed by atoms with E-state index in [4.69, 9.17) is 0 Å². The molecule has 0 saturated heterocycles. The van der Waals surface area contributed by atoms with Crippen molar-refractivity contribution in [2.24, 2.45) is 0 Å². The molecule has 1 atom stereocenters. The Morgan fingerprint density at radius 1 is 1.00 bits per heavy atom. The summed E-state index contributed by atoms with van der Waals surface area (Å²) in [6.07, 6.45) is 5.53. The maximum absolute atomic E-state index is 12.4. The first kappa shape index (κ1) is 19.4. The highest BCUT2D eigenvalue weighted by atomic mass is 32.2. The van der Waals surface area contributed by atoms with Crippen molar-refractivity contribution < 1.29 is 13.5 Å². The first-order valence-corrected chi connectivity index (χ1v) is 11.9. The lowest BCUT2D eigenvalue weighted by atomic mass is 9.95. The normalized spacial score (nSPS) is 17.5. The molecule has 3 aromatic rings. The SMILES string of the molecule is CS(=O)(=O)N(CC(O)Cn1c2ccccc2c2ccccc21)C1CCCCC1. The Kier molecular flexibility index (Phi) is 5.45. The monoisotopic (exact) mass is 400 g/mol. The van der Waals surface area contributed by atoms with E-state index in [1.165, 1.54) is 10.6 Å². The molecule has 1 saturated carbocycles. The molecular formula is C22H28N2O3S. The molecule has 1 unspecified atom stereocenters. The molecule has 1 aliphatic carbocycles. The fraction of sp³-hybridized carbons (Fsp3) is 0.455. The second-order valence-electron chi connectivity index (χ2n) is 7.92. The van der Waals surface area contributed by atoms with E-state index in [0.29, 0.717) is 6.54 Å². The molecule has 0 spiro atoms. The van der Waals surface area contributed by atoms with Crippen molar-refractivity contribution >= 4 is 31.8 Å². The molecule has 1 N–H and O–H groups in total. The number of benzene rings is 2. The number of aliphatic hydroxyl groups excluding tert-OH is 1. The van der Waals surface area contributed by atoms with Gasteiger partial charge in [0.05, 0.1) is 18.9 Å². The Morgan fingerprint density at radius 3 is 2.07 bits per heavy atom. The van der Waals surface area contributed by atoms with Crippen LogP contribution in [0.25, 0.3) is 21.8 Å². The van der Waals surface area contributed by atoms with Gasteiger partial charge in [0.25, 0.3) is 0 Å². The largest absolute Gasteiger partial charge is 0.390 e. The van der Waals surface area contributed by atoms with Gasteiger partial charge in [-0.15, -0.1) is 0 Å².